The summed E-state index contributed by atoms with van der Waals surface area (Å²) in [5, 5.41) is 2.86. The van der Waals surface area contributed by atoms with Gasteiger partial charge in [-0.05, 0) is 38.1 Å². The van der Waals surface area contributed by atoms with Crippen LogP contribution in [-0.4, -0.2) is 54.7 Å². The van der Waals surface area contributed by atoms with Crippen molar-refractivity contribution in [3.8, 4) is 0 Å². The van der Waals surface area contributed by atoms with Gasteiger partial charge < -0.3 is 19.9 Å². The number of benzene rings is 1. The van der Waals surface area contributed by atoms with Crippen molar-refractivity contribution < 1.29 is 14.3 Å². The highest BCUT2D eigenvalue weighted by atomic mass is 16.6. The number of ether oxygens (including phenoxy) is 1. The van der Waals surface area contributed by atoms with Crippen molar-refractivity contribution in [1.82, 2.24) is 9.88 Å². The Kier molecular flexibility index (Phi) is 5.90. The molecule has 2 heterocycles. The maximum Gasteiger partial charge on any atom is 0.409 e. The van der Waals surface area contributed by atoms with Crippen LogP contribution in [0, 0.1) is 6.92 Å². The molecule has 7 nitrogen and oxygen atoms in total. The first-order valence-corrected chi connectivity index (χ1v) is 9.07. The molecule has 27 heavy (non-hydrogen) atoms. The summed E-state index contributed by atoms with van der Waals surface area (Å²) < 4.78 is 5.04. The Morgan fingerprint density at radius 2 is 1.81 bits per heavy atom. The van der Waals surface area contributed by atoms with E-state index in [0.717, 1.165) is 16.9 Å². The highest BCUT2D eigenvalue weighted by molar-refractivity contribution is 6.03. The molecule has 1 fully saturated rings. The Morgan fingerprint density at radius 1 is 1.11 bits per heavy atom. The molecule has 3 rings (SSSR count). The third-order valence-corrected chi connectivity index (χ3v) is 4.46. The smallest absolute Gasteiger partial charge is 0.409 e. The van der Waals surface area contributed by atoms with Crippen LogP contribution in [0.5, 0.6) is 0 Å². The highest BCUT2D eigenvalue weighted by Crippen LogP contribution is 2.18. The summed E-state index contributed by atoms with van der Waals surface area (Å²) in [6.07, 6.45) is 1.36. The van der Waals surface area contributed by atoms with Crippen LogP contribution >= 0.6 is 0 Å². The topological polar surface area (TPSA) is 74.8 Å². The lowest BCUT2D eigenvalue weighted by molar-refractivity contribution is 0.102. The predicted molar refractivity (Wildman–Crippen MR) is 104 cm³/mol. The molecule has 7 heteroatoms. The molecule has 0 spiro atoms. The second-order valence-corrected chi connectivity index (χ2v) is 6.39. The fourth-order valence-corrected chi connectivity index (χ4v) is 2.93. The largest absolute Gasteiger partial charge is 0.450 e. The second-order valence-electron chi connectivity index (χ2n) is 6.39. The van der Waals surface area contributed by atoms with Gasteiger partial charge in [0.25, 0.3) is 5.91 Å². The van der Waals surface area contributed by atoms with Gasteiger partial charge in [0.1, 0.15) is 5.69 Å². The molecule has 0 atom stereocenters. The van der Waals surface area contributed by atoms with Gasteiger partial charge in [-0.3, -0.25) is 9.78 Å². The van der Waals surface area contributed by atoms with Crippen molar-refractivity contribution in [2.45, 2.75) is 13.8 Å². The Morgan fingerprint density at radius 3 is 2.48 bits per heavy atom. The zero-order valence-electron chi connectivity index (χ0n) is 15.6. The third-order valence-electron chi connectivity index (χ3n) is 4.46. The number of amides is 2. The number of aromatic nitrogens is 1. The summed E-state index contributed by atoms with van der Waals surface area (Å²) in [5.41, 5.74) is 3.15. The van der Waals surface area contributed by atoms with Crippen LogP contribution in [0.2, 0.25) is 0 Å². The minimum absolute atomic E-state index is 0.245. The average Bonchev–Trinajstić information content (AvgIpc) is 2.70. The molecule has 0 radical (unpaired) electrons. The number of nitrogens with one attached hydrogen (secondary N) is 1. The number of pyridine rings is 1. The summed E-state index contributed by atoms with van der Waals surface area (Å²) >= 11 is 0. The van der Waals surface area contributed by atoms with Gasteiger partial charge >= 0.3 is 6.09 Å². The molecule has 0 aliphatic carbocycles. The summed E-state index contributed by atoms with van der Waals surface area (Å²) in [5.74, 6) is -0.245. The number of aryl methyl sites for hydroxylation is 1. The number of carbonyl (C=O) groups is 2. The van der Waals surface area contributed by atoms with Gasteiger partial charge in [-0.1, -0.05) is 17.7 Å². The van der Waals surface area contributed by atoms with E-state index in [4.69, 9.17) is 4.74 Å². The maximum atomic E-state index is 12.5. The molecule has 142 valence electrons. The van der Waals surface area contributed by atoms with Crippen molar-refractivity contribution in [2.75, 3.05) is 43.0 Å². The van der Waals surface area contributed by atoms with Crippen molar-refractivity contribution in [2.24, 2.45) is 0 Å². The van der Waals surface area contributed by atoms with Gasteiger partial charge in [0.2, 0.25) is 0 Å². The van der Waals surface area contributed by atoms with Crippen LogP contribution in [0.15, 0.2) is 42.6 Å². The van der Waals surface area contributed by atoms with E-state index in [9.17, 15) is 9.59 Å². The molecule has 0 unspecified atom stereocenters. The lowest BCUT2D eigenvalue weighted by Crippen LogP contribution is -2.49. The minimum atomic E-state index is -0.273. The van der Waals surface area contributed by atoms with Crippen molar-refractivity contribution in [3.05, 3.63) is 53.9 Å². The quantitative estimate of drug-likeness (QED) is 0.898. The van der Waals surface area contributed by atoms with Gasteiger partial charge in [0.15, 0.2) is 0 Å². The van der Waals surface area contributed by atoms with E-state index in [1.54, 1.807) is 24.1 Å². The fourth-order valence-electron chi connectivity index (χ4n) is 2.93. The molecule has 1 aromatic carbocycles. The standard InChI is InChI=1S/C20H24N4O3/c1-3-27-20(26)24-12-10-23(11-13-24)17-8-9-21-18(14-17)19(25)22-16-6-4-15(2)5-7-16/h4-9,14H,3,10-13H2,1-2H3,(H,22,25). The Labute approximate surface area is 158 Å². The van der Waals surface area contributed by atoms with Gasteiger partial charge in [-0.15, -0.1) is 0 Å². The van der Waals surface area contributed by atoms with E-state index in [1.165, 1.54) is 0 Å². The molecule has 2 aromatic rings. The van der Waals surface area contributed by atoms with E-state index in [2.05, 4.69) is 15.2 Å². The second kappa shape index (κ2) is 8.53. The van der Waals surface area contributed by atoms with Gasteiger partial charge in [-0.2, -0.15) is 0 Å². The molecule has 1 aliphatic heterocycles. The van der Waals surface area contributed by atoms with Crippen molar-refractivity contribution >= 4 is 23.4 Å². The molecule has 1 N–H and O–H groups in total. The predicted octanol–water partition coefficient (Wildman–Crippen LogP) is 2.92. The lowest BCUT2D eigenvalue weighted by Gasteiger charge is -2.35. The number of hydrogen-bond donors (Lipinski definition) is 1. The normalized spacial score (nSPS) is 14.0. The van der Waals surface area contributed by atoms with E-state index in [0.29, 0.717) is 38.5 Å². The zero-order valence-corrected chi connectivity index (χ0v) is 15.6. The first-order valence-electron chi connectivity index (χ1n) is 9.07. The van der Waals surface area contributed by atoms with Crippen LogP contribution in [0.1, 0.15) is 23.0 Å². The van der Waals surface area contributed by atoms with E-state index in [1.807, 2.05) is 37.3 Å². The van der Waals surface area contributed by atoms with Crippen LogP contribution in [0.25, 0.3) is 0 Å². The zero-order chi connectivity index (χ0) is 19.2. The summed E-state index contributed by atoms with van der Waals surface area (Å²) in [6, 6.07) is 11.3. The Bertz CT molecular complexity index is 799. The Hall–Kier alpha value is -3.09. The summed E-state index contributed by atoms with van der Waals surface area (Å²) in [7, 11) is 0. The molecule has 0 bridgehead atoms. The molecule has 2 amide bonds. The monoisotopic (exact) mass is 368 g/mol. The number of anilines is 2. The first-order chi connectivity index (χ1) is 13.1. The van der Waals surface area contributed by atoms with Crippen LogP contribution in [0.3, 0.4) is 0 Å². The molecule has 0 saturated carbocycles. The lowest BCUT2D eigenvalue weighted by atomic mass is 10.2. The fraction of sp³-hybridized carbons (Fsp3) is 0.350. The van der Waals surface area contributed by atoms with Crippen LogP contribution in [-0.2, 0) is 4.74 Å². The molecular weight excluding hydrogens is 344 g/mol. The molecule has 1 aromatic heterocycles. The number of rotatable bonds is 4. The van der Waals surface area contributed by atoms with E-state index in [-0.39, 0.29) is 12.0 Å². The molecule has 1 saturated heterocycles. The van der Waals surface area contributed by atoms with Crippen molar-refractivity contribution in [3.63, 3.8) is 0 Å². The highest BCUT2D eigenvalue weighted by Gasteiger charge is 2.22. The number of carbonyl (C=O) groups excluding carboxylic acids is 2. The minimum Gasteiger partial charge on any atom is -0.450 e. The third kappa shape index (κ3) is 4.75. The summed E-state index contributed by atoms with van der Waals surface area (Å²) in [6.45, 7) is 6.72. The molecular formula is C20H24N4O3. The number of hydrogen-bond acceptors (Lipinski definition) is 5. The van der Waals surface area contributed by atoms with Gasteiger partial charge in [-0.25, -0.2) is 4.79 Å². The van der Waals surface area contributed by atoms with Gasteiger partial charge in [0.05, 0.1) is 6.61 Å². The van der Waals surface area contributed by atoms with Crippen LogP contribution in [0.4, 0.5) is 16.2 Å². The first kappa shape index (κ1) is 18.7. The van der Waals surface area contributed by atoms with Gasteiger partial charge in [0, 0.05) is 43.8 Å². The number of nitrogens with zero attached hydrogens (tertiary/aromatic N) is 3. The maximum absolute atomic E-state index is 12.5. The Balaban J connectivity index is 1.63. The van der Waals surface area contributed by atoms with E-state index < -0.39 is 0 Å². The summed E-state index contributed by atoms with van der Waals surface area (Å²) in [4.78, 5) is 32.3. The molecule has 1 aliphatic rings. The average molecular weight is 368 g/mol. The van der Waals surface area contributed by atoms with Crippen molar-refractivity contribution in [1.29, 1.82) is 0 Å². The van der Waals surface area contributed by atoms with E-state index >= 15 is 0 Å². The number of piperazine rings is 1. The van der Waals surface area contributed by atoms with Crippen LogP contribution < -0.4 is 10.2 Å². The SMILES string of the molecule is CCOC(=O)N1CCN(c2ccnc(C(=O)Nc3ccc(C)cc3)c2)CC1.